The number of hydrogen-bond donors (Lipinski definition) is 0. The van der Waals surface area contributed by atoms with E-state index in [0.717, 1.165) is 13.0 Å². The minimum atomic E-state index is -0.179. The Bertz CT molecular complexity index is 184. The Morgan fingerprint density at radius 1 is 1.60 bits per heavy atom. The summed E-state index contributed by atoms with van der Waals surface area (Å²) in [6.45, 7) is 4.73. The summed E-state index contributed by atoms with van der Waals surface area (Å²) in [6.07, 6.45) is 1.19. The quantitative estimate of drug-likeness (QED) is 0.501. The largest absolute Gasteiger partial charge is 0.376 e. The van der Waals surface area contributed by atoms with Crippen LogP contribution >= 0.6 is 0 Å². The highest BCUT2D eigenvalue weighted by molar-refractivity contribution is 5.94. The molecule has 0 radical (unpaired) electrons. The molecule has 2 nitrogen and oxygen atoms in total. The maximum absolute atomic E-state index is 11.3. The van der Waals surface area contributed by atoms with Gasteiger partial charge >= 0.3 is 0 Å². The SMILES string of the molecule is CC1(C)C(=O)[C@H]2CCO[C@H]21. The number of carbonyl (C=O) groups is 1. The van der Waals surface area contributed by atoms with E-state index in [0.29, 0.717) is 5.78 Å². The Hall–Kier alpha value is -0.370. The summed E-state index contributed by atoms with van der Waals surface area (Å²) in [7, 11) is 0. The molecule has 1 heterocycles. The molecule has 2 atom stereocenters. The maximum Gasteiger partial charge on any atom is 0.146 e. The van der Waals surface area contributed by atoms with E-state index >= 15 is 0 Å². The fourth-order valence-corrected chi connectivity index (χ4v) is 2.09. The lowest BCUT2D eigenvalue weighted by molar-refractivity contribution is -0.159. The van der Waals surface area contributed by atoms with Gasteiger partial charge in [-0.3, -0.25) is 4.79 Å². The molecule has 2 rings (SSSR count). The van der Waals surface area contributed by atoms with Crippen LogP contribution in [0.4, 0.5) is 0 Å². The molecule has 1 saturated carbocycles. The highest BCUT2D eigenvalue weighted by Gasteiger charge is 2.58. The van der Waals surface area contributed by atoms with Crippen LogP contribution < -0.4 is 0 Å². The van der Waals surface area contributed by atoms with E-state index < -0.39 is 0 Å². The lowest BCUT2D eigenvalue weighted by atomic mass is 9.60. The van der Waals surface area contributed by atoms with Crippen LogP contribution in [0.1, 0.15) is 20.3 Å². The van der Waals surface area contributed by atoms with E-state index in [1.807, 2.05) is 13.8 Å². The number of ketones is 1. The van der Waals surface area contributed by atoms with Crippen molar-refractivity contribution in [2.75, 3.05) is 6.61 Å². The Kier molecular flexibility index (Phi) is 1.03. The molecular weight excluding hydrogens is 128 g/mol. The molecule has 0 amide bonds. The monoisotopic (exact) mass is 140 g/mol. The first-order chi connectivity index (χ1) is 4.64. The molecular formula is C8H12O2. The molecule has 2 fully saturated rings. The van der Waals surface area contributed by atoms with E-state index in [9.17, 15) is 4.79 Å². The van der Waals surface area contributed by atoms with Gasteiger partial charge in [-0.15, -0.1) is 0 Å². The van der Waals surface area contributed by atoms with Gasteiger partial charge in [0.15, 0.2) is 0 Å². The third kappa shape index (κ3) is 0.511. The van der Waals surface area contributed by atoms with Crippen molar-refractivity contribution in [3.05, 3.63) is 0 Å². The summed E-state index contributed by atoms with van der Waals surface area (Å²) in [6, 6.07) is 0. The molecule has 0 aromatic heterocycles. The molecule has 1 aliphatic carbocycles. The van der Waals surface area contributed by atoms with E-state index in [2.05, 4.69) is 0 Å². The molecule has 2 aliphatic rings. The van der Waals surface area contributed by atoms with Crippen LogP contribution in [0.3, 0.4) is 0 Å². The molecule has 0 unspecified atom stereocenters. The van der Waals surface area contributed by atoms with Crippen LogP contribution in [-0.4, -0.2) is 18.5 Å². The van der Waals surface area contributed by atoms with E-state index in [1.54, 1.807) is 0 Å². The lowest BCUT2D eigenvalue weighted by Gasteiger charge is -2.44. The molecule has 0 N–H and O–H groups in total. The topological polar surface area (TPSA) is 26.3 Å². The van der Waals surface area contributed by atoms with Crippen molar-refractivity contribution in [1.82, 2.24) is 0 Å². The first-order valence-electron chi connectivity index (χ1n) is 3.80. The highest BCUT2D eigenvalue weighted by Crippen LogP contribution is 2.48. The minimum absolute atomic E-state index is 0.179. The van der Waals surface area contributed by atoms with Crippen molar-refractivity contribution in [3.8, 4) is 0 Å². The average molecular weight is 140 g/mol. The zero-order chi connectivity index (χ0) is 7.35. The number of ether oxygens (including phenoxy) is 1. The summed E-state index contributed by atoms with van der Waals surface area (Å²) in [4.78, 5) is 11.3. The number of hydrogen-bond acceptors (Lipinski definition) is 2. The minimum Gasteiger partial charge on any atom is -0.376 e. The van der Waals surface area contributed by atoms with Gasteiger partial charge in [-0.1, -0.05) is 13.8 Å². The molecule has 1 saturated heterocycles. The Balaban J connectivity index is 2.23. The average Bonchev–Trinajstić information content (AvgIpc) is 2.31. The van der Waals surface area contributed by atoms with Crippen molar-refractivity contribution in [1.29, 1.82) is 0 Å². The predicted molar refractivity (Wildman–Crippen MR) is 36.6 cm³/mol. The zero-order valence-corrected chi connectivity index (χ0v) is 6.39. The van der Waals surface area contributed by atoms with E-state index in [4.69, 9.17) is 4.74 Å². The standard InChI is InChI=1S/C8H12O2/c1-8(2)6(9)5-3-4-10-7(5)8/h5,7H,3-4H2,1-2H3/t5-,7-/m1/s1. The fourth-order valence-electron chi connectivity index (χ4n) is 2.09. The number of carbonyl (C=O) groups excluding carboxylic acids is 1. The van der Waals surface area contributed by atoms with Gasteiger partial charge in [0.2, 0.25) is 0 Å². The summed E-state index contributed by atoms with van der Waals surface area (Å²) in [5.41, 5.74) is -0.179. The van der Waals surface area contributed by atoms with E-state index in [1.165, 1.54) is 0 Å². The van der Waals surface area contributed by atoms with Crippen molar-refractivity contribution in [2.45, 2.75) is 26.4 Å². The maximum atomic E-state index is 11.3. The van der Waals surface area contributed by atoms with Crippen LogP contribution in [0.2, 0.25) is 0 Å². The van der Waals surface area contributed by atoms with Crippen molar-refractivity contribution >= 4 is 5.78 Å². The van der Waals surface area contributed by atoms with Crippen LogP contribution in [0, 0.1) is 11.3 Å². The summed E-state index contributed by atoms with van der Waals surface area (Å²) in [5.74, 6) is 0.644. The Labute approximate surface area is 60.6 Å². The third-order valence-electron chi connectivity index (χ3n) is 2.77. The predicted octanol–water partition coefficient (Wildman–Crippen LogP) is 1.00. The second kappa shape index (κ2) is 1.62. The van der Waals surface area contributed by atoms with Crippen LogP contribution in [0.5, 0.6) is 0 Å². The first-order valence-corrected chi connectivity index (χ1v) is 3.80. The molecule has 0 aromatic rings. The molecule has 56 valence electrons. The first kappa shape index (κ1) is 6.35. The molecule has 0 aromatic carbocycles. The molecule has 0 bridgehead atoms. The number of rotatable bonds is 0. The summed E-state index contributed by atoms with van der Waals surface area (Å²) < 4.78 is 5.42. The van der Waals surface area contributed by atoms with Gasteiger partial charge in [-0.25, -0.2) is 0 Å². The summed E-state index contributed by atoms with van der Waals surface area (Å²) >= 11 is 0. The van der Waals surface area contributed by atoms with Gasteiger partial charge in [-0.2, -0.15) is 0 Å². The Morgan fingerprint density at radius 3 is 2.90 bits per heavy atom. The lowest BCUT2D eigenvalue weighted by Crippen LogP contribution is -2.56. The van der Waals surface area contributed by atoms with Crippen LogP contribution in [0.15, 0.2) is 0 Å². The Morgan fingerprint density at radius 2 is 2.30 bits per heavy atom. The van der Waals surface area contributed by atoms with Gasteiger partial charge in [0, 0.05) is 12.5 Å². The molecule has 2 heteroatoms. The van der Waals surface area contributed by atoms with Crippen LogP contribution in [0.25, 0.3) is 0 Å². The van der Waals surface area contributed by atoms with E-state index in [-0.39, 0.29) is 17.4 Å². The highest BCUT2D eigenvalue weighted by atomic mass is 16.5. The van der Waals surface area contributed by atoms with Gasteiger partial charge in [-0.05, 0) is 6.42 Å². The smallest absolute Gasteiger partial charge is 0.146 e. The second-order valence-electron chi connectivity index (χ2n) is 3.77. The molecule has 0 spiro atoms. The number of Topliss-reactive ketones (excluding diaryl/α,β-unsaturated/α-hetero) is 1. The normalized spacial score (nSPS) is 42.8. The zero-order valence-electron chi connectivity index (χ0n) is 6.39. The van der Waals surface area contributed by atoms with Crippen LogP contribution in [-0.2, 0) is 9.53 Å². The number of fused-ring (bicyclic) bond motifs is 1. The summed E-state index contributed by atoms with van der Waals surface area (Å²) in [5, 5.41) is 0. The van der Waals surface area contributed by atoms with Gasteiger partial charge in [0.1, 0.15) is 5.78 Å². The fraction of sp³-hybridized carbons (Fsp3) is 0.875. The molecule has 10 heavy (non-hydrogen) atoms. The van der Waals surface area contributed by atoms with Gasteiger partial charge in [0.05, 0.1) is 11.5 Å². The van der Waals surface area contributed by atoms with Crippen molar-refractivity contribution < 1.29 is 9.53 Å². The van der Waals surface area contributed by atoms with Crippen molar-refractivity contribution in [3.63, 3.8) is 0 Å². The van der Waals surface area contributed by atoms with Crippen molar-refractivity contribution in [2.24, 2.45) is 11.3 Å². The van der Waals surface area contributed by atoms with Gasteiger partial charge < -0.3 is 4.74 Å². The second-order valence-corrected chi connectivity index (χ2v) is 3.77. The molecule has 1 aliphatic heterocycles. The van der Waals surface area contributed by atoms with Gasteiger partial charge in [0.25, 0.3) is 0 Å². The third-order valence-corrected chi connectivity index (χ3v) is 2.77.